The second kappa shape index (κ2) is 8.55. The highest BCUT2D eigenvalue weighted by molar-refractivity contribution is 5.92. The van der Waals surface area contributed by atoms with E-state index in [1.165, 1.54) is 24.0 Å². The van der Waals surface area contributed by atoms with Crippen LogP contribution >= 0.6 is 12.4 Å². The van der Waals surface area contributed by atoms with Crippen molar-refractivity contribution in [3.63, 3.8) is 0 Å². The summed E-state index contributed by atoms with van der Waals surface area (Å²) in [5.74, 6) is 1.55. The van der Waals surface area contributed by atoms with Crippen molar-refractivity contribution in [2.24, 2.45) is 5.92 Å². The third kappa shape index (κ3) is 4.77. The zero-order valence-corrected chi connectivity index (χ0v) is 16.8. The minimum Gasteiger partial charge on any atom is -0.326 e. The third-order valence-corrected chi connectivity index (χ3v) is 5.68. The van der Waals surface area contributed by atoms with E-state index < -0.39 is 0 Å². The van der Waals surface area contributed by atoms with Gasteiger partial charge in [-0.3, -0.25) is 4.79 Å². The zero-order chi connectivity index (χ0) is 17.3. The van der Waals surface area contributed by atoms with Crippen molar-refractivity contribution in [1.82, 2.24) is 5.32 Å². The van der Waals surface area contributed by atoms with Gasteiger partial charge in [-0.25, -0.2) is 0 Å². The summed E-state index contributed by atoms with van der Waals surface area (Å²) in [6, 6.07) is 7.71. The van der Waals surface area contributed by atoms with Gasteiger partial charge in [-0.05, 0) is 54.6 Å². The lowest BCUT2D eigenvalue weighted by Crippen LogP contribution is -2.39. The lowest BCUT2D eigenvalue weighted by molar-refractivity contribution is -0.117. The molecule has 4 heteroatoms. The molecule has 2 atom stereocenters. The number of piperidine rings is 1. The Morgan fingerprint density at radius 3 is 2.08 bits per heavy atom. The van der Waals surface area contributed by atoms with Gasteiger partial charge in [0, 0.05) is 24.2 Å². The number of fused-ring (bicyclic) bond motifs is 2. The number of carbonyl (C=O) groups is 1. The summed E-state index contributed by atoms with van der Waals surface area (Å²) in [4.78, 5) is 12.7. The van der Waals surface area contributed by atoms with E-state index in [2.05, 4.69) is 56.5 Å². The van der Waals surface area contributed by atoms with Crippen LogP contribution in [0.1, 0.15) is 82.8 Å². The Hall–Kier alpha value is -1.06. The lowest BCUT2D eigenvalue weighted by Gasteiger charge is -2.29. The van der Waals surface area contributed by atoms with Gasteiger partial charge >= 0.3 is 0 Å². The molecular weight excluding hydrogens is 332 g/mol. The fourth-order valence-corrected chi connectivity index (χ4v) is 4.49. The van der Waals surface area contributed by atoms with Crippen LogP contribution in [0, 0.1) is 5.92 Å². The number of nitrogens with one attached hydrogen (secondary N) is 2. The maximum Gasteiger partial charge on any atom is 0.224 e. The first-order valence-corrected chi connectivity index (χ1v) is 9.62. The molecule has 1 aromatic rings. The molecular formula is C21H33ClN2O. The molecule has 2 unspecified atom stereocenters. The van der Waals surface area contributed by atoms with E-state index in [1.54, 1.807) is 0 Å². The Morgan fingerprint density at radius 1 is 1.08 bits per heavy atom. The van der Waals surface area contributed by atoms with Crippen LogP contribution in [0.15, 0.2) is 18.2 Å². The number of hydrogen-bond donors (Lipinski definition) is 2. The zero-order valence-electron chi connectivity index (χ0n) is 16.0. The molecule has 25 heavy (non-hydrogen) atoms. The summed E-state index contributed by atoms with van der Waals surface area (Å²) in [5.41, 5.74) is 3.56. The first kappa shape index (κ1) is 20.3. The van der Waals surface area contributed by atoms with Crippen LogP contribution in [-0.4, -0.2) is 18.0 Å². The highest BCUT2D eigenvalue weighted by atomic mass is 35.5. The van der Waals surface area contributed by atoms with Crippen molar-refractivity contribution in [2.45, 2.75) is 83.7 Å². The van der Waals surface area contributed by atoms with Crippen LogP contribution in [0.3, 0.4) is 0 Å². The minimum atomic E-state index is 0. The third-order valence-electron chi connectivity index (χ3n) is 5.68. The Morgan fingerprint density at radius 2 is 1.60 bits per heavy atom. The first-order valence-electron chi connectivity index (χ1n) is 9.62. The van der Waals surface area contributed by atoms with Crippen LogP contribution in [0.5, 0.6) is 0 Å². The fraction of sp³-hybridized carbons (Fsp3) is 0.667. The molecule has 2 heterocycles. The molecule has 0 spiro atoms. The van der Waals surface area contributed by atoms with Crippen molar-refractivity contribution in [3.05, 3.63) is 29.3 Å². The molecule has 2 bridgehead atoms. The monoisotopic (exact) mass is 364 g/mol. The predicted molar refractivity (Wildman–Crippen MR) is 108 cm³/mol. The van der Waals surface area contributed by atoms with Gasteiger partial charge in [-0.1, -0.05) is 45.9 Å². The smallest absolute Gasteiger partial charge is 0.224 e. The molecule has 2 N–H and O–H groups in total. The highest BCUT2D eigenvalue weighted by Crippen LogP contribution is 2.35. The quantitative estimate of drug-likeness (QED) is 0.752. The molecule has 0 aliphatic carbocycles. The Bertz CT molecular complexity index is 561. The number of benzene rings is 1. The Kier molecular flexibility index (Phi) is 6.93. The number of hydrogen-bond acceptors (Lipinski definition) is 2. The molecule has 2 aliphatic rings. The number of amides is 1. The van der Waals surface area contributed by atoms with Crippen LogP contribution in [0.4, 0.5) is 5.69 Å². The van der Waals surface area contributed by atoms with Crippen molar-refractivity contribution in [2.75, 3.05) is 5.32 Å². The molecule has 2 saturated heterocycles. The van der Waals surface area contributed by atoms with Gasteiger partial charge in [0.1, 0.15) is 0 Å². The molecule has 0 aromatic heterocycles. The van der Waals surface area contributed by atoms with Crippen LogP contribution < -0.4 is 10.6 Å². The highest BCUT2D eigenvalue weighted by Gasteiger charge is 2.34. The van der Waals surface area contributed by atoms with Gasteiger partial charge < -0.3 is 10.6 Å². The molecule has 2 fully saturated rings. The number of halogens is 1. The second-order valence-corrected chi connectivity index (χ2v) is 8.35. The average molecular weight is 365 g/mol. The Labute approximate surface area is 158 Å². The van der Waals surface area contributed by atoms with E-state index in [4.69, 9.17) is 0 Å². The normalized spacial score (nSPS) is 25.1. The molecule has 0 saturated carbocycles. The molecule has 1 aromatic carbocycles. The summed E-state index contributed by atoms with van der Waals surface area (Å²) in [5, 5.41) is 6.94. The number of anilines is 1. The van der Waals surface area contributed by atoms with E-state index in [1.807, 2.05) is 0 Å². The largest absolute Gasteiger partial charge is 0.326 e. The standard InChI is InChI=1S/C21H32N2O.ClH/c1-13(2)18-6-5-7-19(14(3)4)21(18)23-20(24)12-15-10-16-8-9-17(11-15)22-16;/h5-7,13-17,22H,8-12H2,1-4H3,(H,23,24);1H. The summed E-state index contributed by atoms with van der Waals surface area (Å²) in [7, 11) is 0. The predicted octanol–water partition coefficient (Wildman–Crippen LogP) is 5.21. The van der Waals surface area contributed by atoms with Crippen LogP contribution in [0.2, 0.25) is 0 Å². The molecule has 0 radical (unpaired) electrons. The first-order chi connectivity index (χ1) is 11.4. The number of rotatable bonds is 5. The molecule has 2 aliphatic heterocycles. The van der Waals surface area contributed by atoms with E-state index in [9.17, 15) is 4.79 Å². The van der Waals surface area contributed by atoms with Crippen molar-refractivity contribution in [3.8, 4) is 0 Å². The minimum absolute atomic E-state index is 0. The van der Waals surface area contributed by atoms with Gasteiger partial charge in [-0.2, -0.15) is 0 Å². The van der Waals surface area contributed by atoms with E-state index >= 15 is 0 Å². The maximum absolute atomic E-state index is 12.7. The topological polar surface area (TPSA) is 41.1 Å². The molecule has 140 valence electrons. The SMILES string of the molecule is CC(C)c1cccc(C(C)C)c1NC(=O)CC1CC2CCC(C1)N2.Cl. The second-order valence-electron chi connectivity index (χ2n) is 8.35. The van der Waals surface area contributed by atoms with Gasteiger partial charge in [0.25, 0.3) is 0 Å². The molecule has 3 rings (SSSR count). The fourth-order valence-electron chi connectivity index (χ4n) is 4.49. The van der Waals surface area contributed by atoms with Gasteiger partial charge in [0.2, 0.25) is 5.91 Å². The molecule has 1 amide bonds. The Balaban J connectivity index is 0.00000225. The van der Waals surface area contributed by atoms with Crippen LogP contribution in [0.25, 0.3) is 0 Å². The van der Waals surface area contributed by atoms with E-state index in [0.717, 1.165) is 18.5 Å². The van der Waals surface area contributed by atoms with E-state index in [-0.39, 0.29) is 18.3 Å². The van der Waals surface area contributed by atoms with Crippen molar-refractivity contribution in [1.29, 1.82) is 0 Å². The van der Waals surface area contributed by atoms with E-state index in [0.29, 0.717) is 36.3 Å². The van der Waals surface area contributed by atoms with Gasteiger partial charge in [0.15, 0.2) is 0 Å². The summed E-state index contributed by atoms with van der Waals surface area (Å²) in [6.45, 7) is 8.78. The number of para-hydroxylation sites is 1. The molecule has 3 nitrogen and oxygen atoms in total. The average Bonchev–Trinajstić information content (AvgIpc) is 2.85. The summed E-state index contributed by atoms with van der Waals surface area (Å²) in [6.07, 6.45) is 5.56. The maximum atomic E-state index is 12.7. The van der Waals surface area contributed by atoms with Crippen molar-refractivity contribution < 1.29 is 4.79 Å². The van der Waals surface area contributed by atoms with Crippen LogP contribution in [-0.2, 0) is 4.79 Å². The van der Waals surface area contributed by atoms with Crippen molar-refractivity contribution >= 4 is 24.0 Å². The summed E-state index contributed by atoms with van der Waals surface area (Å²) >= 11 is 0. The summed E-state index contributed by atoms with van der Waals surface area (Å²) < 4.78 is 0. The number of carbonyl (C=O) groups excluding carboxylic acids is 1. The van der Waals surface area contributed by atoms with Gasteiger partial charge in [-0.15, -0.1) is 12.4 Å². The van der Waals surface area contributed by atoms with Gasteiger partial charge in [0.05, 0.1) is 0 Å². The lowest BCUT2D eigenvalue weighted by atomic mass is 9.89.